The van der Waals surface area contributed by atoms with Gasteiger partial charge in [0.15, 0.2) is 6.10 Å². The van der Waals surface area contributed by atoms with E-state index in [1.165, 1.54) is 51.5 Å². The van der Waals surface area contributed by atoms with Crippen molar-refractivity contribution in [2.45, 2.75) is 17.9 Å². The standard InChI is InChI=1S/C20H21NO7S/c1-14(20(23)27-3)28-19(22)13-10-15-8-11-16(12-9-15)29(24,25)21-17-6-4-5-7-18(17)26-2/h4-14,21H,1-3H3/b13-10+/t14-/m1/s1. The largest absolute Gasteiger partial charge is 0.495 e. The number of para-hydroxylation sites is 2. The number of hydrogen-bond acceptors (Lipinski definition) is 7. The maximum atomic E-state index is 12.6. The van der Waals surface area contributed by atoms with E-state index in [4.69, 9.17) is 9.47 Å². The van der Waals surface area contributed by atoms with Gasteiger partial charge in [0.25, 0.3) is 10.0 Å². The quantitative estimate of drug-likeness (QED) is 0.517. The van der Waals surface area contributed by atoms with E-state index in [-0.39, 0.29) is 4.90 Å². The molecule has 0 aromatic heterocycles. The zero-order chi connectivity index (χ0) is 21.4. The Bertz CT molecular complexity index is 998. The number of hydrogen-bond donors (Lipinski definition) is 1. The van der Waals surface area contributed by atoms with Crippen LogP contribution < -0.4 is 9.46 Å². The molecule has 2 rings (SSSR count). The number of methoxy groups -OCH3 is 2. The summed E-state index contributed by atoms with van der Waals surface area (Å²) in [6.07, 6.45) is 1.55. The first-order valence-corrected chi connectivity index (χ1v) is 9.97. The minimum atomic E-state index is -3.82. The number of rotatable bonds is 8. The second kappa shape index (κ2) is 9.74. The maximum Gasteiger partial charge on any atom is 0.346 e. The van der Waals surface area contributed by atoms with Gasteiger partial charge in [-0.15, -0.1) is 0 Å². The summed E-state index contributed by atoms with van der Waals surface area (Å²) in [5.41, 5.74) is 0.894. The Labute approximate surface area is 169 Å². The molecule has 0 bridgehead atoms. The highest BCUT2D eigenvalue weighted by Crippen LogP contribution is 2.26. The van der Waals surface area contributed by atoms with E-state index >= 15 is 0 Å². The molecule has 0 aliphatic heterocycles. The zero-order valence-electron chi connectivity index (χ0n) is 16.1. The second-order valence-electron chi connectivity index (χ2n) is 5.81. The van der Waals surface area contributed by atoms with Crippen LogP contribution >= 0.6 is 0 Å². The van der Waals surface area contributed by atoms with Crippen LogP contribution in [-0.2, 0) is 29.1 Å². The average Bonchev–Trinajstić information content (AvgIpc) is 2.72. The minimum absolute atomic E-state index is 0.0439. The summed E-state index contributed by atoms with van der Waals surface area (Å²) in [7, 11) is -1.17. The number of sulfonamides is 1. The molecule has 0 saturated heterocycles. The molecule has 0 spiro atoms. The lowest BCUT2D eigenvalue weighted by atomic mass is 10.2. The third-order valence-electron chi connectivity index (χ3n) is 3.78. The van der Waals surface area contributed by atoms with Crippen molar-refractivity contribution in [3.63, 3.8) is 0 Å². The Morgan fingerprint density at radius 1 is 1.03 bits per heavy atom. The van der Waals surface area contributed by atoms with Crippen LogP contribution in [0.25, 0.3) is 6.08 Å². The van der Waals surface area contributed by atoms with E-state index in [2.05, 4.69) is 9.46 Å². The highest BCUT2D eigenvalue weighted by atomic mass is 32.2. The highest BCUT2D eigenvalue weighted by molar-refractivity contribution is 7.92. The molecule has 1 atom stereocenters. The predicted octanol–water partition coefficient (Wildman–Crippen LogP) is 2.61. The fraction of sp³-hybridized carbons (Fsp3) is 0.200. The summed E-state index contributed by atoms with van der Waals surface area (Å²) in [6.45, 7) is 1.39. The lowest BCUT2D eigenvalue weighted by Gasteiger charge is -2.11. The molecule has 0 heterocycles. The van der Waals surface area contributed by atoms with E-state index in [1.54, 1.807) is 24.3 Å². The molecule has 0 saturated carbocycles. The van der Waals surface area contributed by atoms with Crippen molar-refractivity contribution in [2.24, 2.45) is 0 Å². The number of nitrogens with one attached hydrogen (secondary N) is 1. The fourth-order valence-corrected chi connectivity index (χ4v) is 3.35. The van der Waals surface area contributed by atoms with Crippen molar-refractivity contribution in [2.75, 3.05) is 18.9 Å². The van der Waals surface area contributed by atoms with Crippen LogP contribution in [0.2, 0.25) is 0 Å². The molecule has 0 unspecified atom stereocenters. The molecule has 154 valence electrons. The first kappa shape index (κ1) is 22.0. The smallest absolute Gasteiger partial charge is 0.346 e. The highest BCUT2D eigenvalue weighted by Gasteiger charge is 2.17. The summed E-state index contributed by atoms with van der Waals surface area (Å²) >= 11 is 0. The van der Waals surface area contributed by atoms with Gasteiger partial charge >= 0.3 is 11.9 Å². The van der Waals surface area contributed by atoms with Gasteiger partial charge in [0, 0.05) is 6.08 Å². The van der Waals surface area contributed by atoms with Crippen LogP contribution in [0, 0.1) is 0 Å². The van der Waals surface area contributed by atoms with E-state index < -0.39 is 28.1 Å². The van der Waals surface area contributed by atoms with Gasteiger partial charge in [-0.3, -0.25) is 4.72 Å². The molecule has 29 heavy (non-hydrogen) atoms. The molecule has 0 aliphatic carbocycles. The number of ether oxygens (including phenoxy) is 3. The SMILES string of the molecule is COC(=O)[C@@H](C)OC(=O)/C=C/c1ccc(S(=O)(=O)Nc2ccccc2OC)cc1. The van der Waals surface area contributed by atoms with Gasteiger partial charge in [0.05, 0.1) is 24.8 Å². The first-order valence-electron chi connectivity index (χ1n) is 8.49. The maximum absolute atomic E-state index is 12.6. The third kappa shape index (κ3) is 6.08. The van der Waals surface area contributed by atoms with Gasteiger partial charge in [-0.2, -0.15) is 0 Å². The number of carbonyl (C=O) groups is 2. The summed E-state index contributed by atoms with van der Waals surface area (Å²) in [6, 6.07) is 12.5. The molecule has 0 amide bonds. The van der Waals surface area contributed by atoms with Crippen LogP contribution in [0.1, 0.15) is 12.5 Å². The van der Waals surface area contributed by atoms with E-state index in [1.807, 2.05) is 0 Å². The molecule has 0 aliphatic rings. The lowest BCUT2D eigenvalue weighted by Crippen LogP contribution is -2.24. The number of benzene rings is 2. The Balaban J connectivity index is 2.07. The minimum Gasteiger partial charge on any atom is -0.495 e. The first-order chi connectivity index (χ1) is 13.8. The molecule has 2 aromatic carbocycles. The molecule has 8 nitrogen and oxygen atoms in total. The summed E-state index contributed by atoms with van der Waals surface area (Å²) in [4.78, 5) is 23.0. The molecule has 0 fully saturated rings. The van der Waals surface area contributed by atoms with E-state index in [9.17, 15) is 18.0 Å². The molecular weight excluding hydrogens is 398 g/mol. The molecular formula is C20H21NO7S. The number of anilines is 1. The Morgan fingerprint density at radius 3 is 2.31 bits per heavy atom. The summed E-state index contributed by atoms with van der Waals surface area (Å²) < 4.78 is 42.1. The fourth-order valence-electron chi connectivity index (χ4n) is 2.28. The second-order valence-corrected chi connectivity index (χ2v) is 7.49. The van der Waals surface area contributed by atoms with Gasteiger partial charge < -0.3 is 14.2 Å². The van der Waals surface area contributed by atoms with Crippen molar-refractivity contribution >= 4 is 33.7 Å². The molecule has 1 N–H and O–H groups in total. The van der Waals surface area contributed by atoms with Crippen LogP contribution in [0.15, 0.2) is 59.5 Å². The molecule has 9 heteroatoms. The van der Waals surface area contributed by atoms with Crippen molar-refractivity contribution in [3.8, 4) is 5.75 Å². The third-order valence-corrected chi connectivity index (χ3v) is 5.16. The van der Waals surface area contributed by atoms with Gasteiger partial charge in [0.2, 0.25) is 0 Å². The van der Waals surface area contributed by atoms with Crippen molar-refractivity contribution < 1.29 is 32.2 Å². The normalized spacial score (nSPS) is 12.2. The van der Waals surface area contributed by atoms with Crippen LogP contribution in [0.3, 0.4) is 0 Å². The zero-order valence-corrected chi connectivity index (χ0v) is 16.9. The van der Waals surface area contributed by atoms with Crippen LogP contribution in [0.5, 0.6) is 5.75 Å². The van der Waals surface area contributed by atoms with Crippen LogP contribution in [0.4, 0.5) is 5.69 Å². The van der Waals surface area contributed by atoms with E-state index in [0.29, 0.717) is 17.0 Å². The van der Waals surface area contributed by atoms with Crippen molar-refractivity contribution in [3.05, 3.63) is 60.2 Å². The van der Waals surface area contributed by atoms with E-state index in [0.717, 1.165) is 6.08 Å². The topological polar surface area (TPSA) is 108 Å². The van der Waals surface area contributed by atoms with Gasteiger partial charge in [-0.1, -0.05) is 24.3 Å². The summed E-state index contributed by atoms with van der Waals surface area (Å²) in [5, 5.41) is 0. The molecule has 0 radical (unpaired) electrons. The Kier molecular flexibility index (Phi) is 7.38. The van der Waals surface area contributed by atoms with Gasteiger partial charge in [-0.05, 0) is 42.8 Å². The number of carbonyl (C=O) groups excluding carboxylic acids is 2. The Morgan fingerprint density at radius 2 is 1.69 bits per heavy atom. The lowest BCUT2D eigenvalue weighted by molar-refractivity contribution is -0.161. The van der Waals surface area contributed by atoms with Crippen LogP contribution in [-0.4, -0.2) is 40.7 Å². The van der Waals surface area contributed by atoms with Crippen molar-refractivity contribution in [1.29, 1.82) is 0 Å². The monoisotopic (exact) mass is 419 g/mol. The number of esters is 2. The van der Waals surface area contributed by atoms with Gasteiger partial charge in [-0.25, -0.2) is 18.0 Å². The Hall–Kier alpha value is -3.33. The average molecular weight is 419 g/mol. The molecule has 2 aromatic rings. The van der Waals surface area contributed by atoms with Gasteiger partial charge in [0.1, 0.15) is 5.75 Å². The predicted molar refractivity (Wildman–Crippen MR) is 107 cm³/mol. The summed E-state index contributed by atoms with van der Waals surface area (Å²) in [5.74, 6) is -0.989. The van der Waals surface area contributed by atoms with Crippen molar-refractivity contribution in [1.82, 2.24) is 0 Å².